The first kappa shape index (κ1) is 18.8. The summed E-state index contributed by atoms with van der Waals surface area (Å²) >= 11 is 3.53. The lowest BCUT2D eigenvalue weighted by Gasteiger charge is -2.24. The Hall–Kier alpha value is -3.18. The molecule has 1 aliphatic heterocycles. The number of nitrogens with zero attached hydrogens (tertiary/aromatic N) is 2. The van der Waals surface area contributed by atoms with Crippen molar-refractivity contribution in [3.05, 3.63) is 101 Å². The highest BCUT2D eigenvalue weighted by atomic mass is 79.9. The summed E-state index contributed by atoms with van der Waals surface area (Å²) in [5, 5.41) is 7.33. The average Bonchev–Trinajstić information content (AvgIpc) is 3.32. The van der Waals surface area contributed by atoms with E-state index in [0.29, 0.717) is 0 Å². The zero-order chi connectivity index (χ0) is 20.7. The van der Waals surface area contributed by atoms with Gasteiger partial charge in [0.1, 0.15) is 0 Å². The number of hydrogen-bond acceptors (Lipinski definition) is 2. The minimum atomic E-state index is -0.370. The van der Waals surface area contributed by atoms with Crippen LogP contribution in [-0.4, -0.2) is 16.6 Å². The van der Waals surface area contributed by atoms with Crippen molar-refractivity contribution in [3.63, 3.8) is 0 Å². The van der Waals surface area contributed by atoms with E-state index < -0.39 is 0 Å². The summed E-state index contributed by atoms with van der Waals surface area (Å²) in [7, 11) is 0. The number of nitrogens with one attached hydrogen (secondary N) is 1. The fraction of sp³-hybridized carbons (Fsp3) is 0.120. The SMILES string of the molecule is CC1=NN(c2ccccc2)C(=O)C1C(c1ccc(Br)cc1)c1c[nH]c2ccccc12. The van der Waals surface area contributed by atoms with Crippen molar-refractivity contribution in [2.45, 2.75) is 12.8 Å². The van der Waals surface area contributed by atoms with Crippen molar-refractivity contribution in [1.29, 1.82) is 0 Å². The number of carbonyl (C=O) groups is 1. The first-order chi connectivity index (χ1) is 14.6. The summed E-state index contributed by atoms with van der Waals surface area (Å²) in [5.74, 6) is -0.512. The molecule has 0 aliphatic carbocycles. The van der Waals surface area contributed by atoms with Gasteiger partial charge < -0.3 is 4.98 Å². The fourth-order valence-corrected chi connectivity index (χ4v) is 4.55. The topological polar surface area (TPSA) is 48.5 Å². The van der Waals surface area contributed by atoms with Gasteiger partial charge in [-0.25, -0.2) is 5.01 Å². The molecule has 5 heteroatoms. The first-order valence-electron chi connectivity index (χ1n) is 9.89. The van der Waals surface area contributed by atoms with Crippen LogP contribution >= 0.6 is 15.9 Å². The van der Waals surface area contributed by atoms with Gasteiger partial charge in [-0.3, -0.25) is 4.79 Å². The third-order valence-electron chi connectivity index (χ3n) is 5.70. The Bertz CT molecular complexity index is 1240. The molecule has 4 nitrogen and oxygen atoms in total. The van der Waals surface area contributed by atoms with Crippen LogP contribution in [-0.2, 0) is 4.79 Å². The molecule has 1 N–H and O–H groups in total. The Morgan fingerprint density at radius 3 is 2.43 bits per heavy atom. The maximum absolute atomic E-state index is 13.6. The van der Waals surface area contributed by atoms with Crippen LogP contribution in [0.2, 0.25) is 0 Å². The average molecular weight is 458 g/mol. The van der Waals surface area contributed by atoms with Gasteiger partial charge in [-0.2, -0.15) is 5.10 Å². The van der Waals surface area contributed by atoms with Crippen molar-refractivity contribution in [1.82, 2.24) is 4.98 Å². The molecule has 0 saturated heterocycles. The number of aromatic amines is 1. The Labute approximate surface area is 183 Å². The van der Waals surface area contributed by atoms with E-state index in [1.165, 1.54) is 0 Å². The number of aromatic nitrogens is 1. The second kappa shape index (κ2) is 7.58. The van der Waals surface area contributed by atoms with Crippen molar-refractivity contribution in [2.24, 2.45) is 11.0 Å². The molecule has 2 unspecified atom stereocenters. The number of halogens is 1. The highest BCUT2D eigenvalue weighted by Gasteiger charge is 2.42. The molecule has 0 bridgehead atoms. The van der Waals surface area contributed by atoms with Crippen LogP contribution in [0.15, 0.2) is 94.6 Å². The van der Waals surface area contributed by atoms with E-state index in [1.54, 1.807) is 5.01 Å². The van der Waals surface area contributed by atoms with Gasteiger partial charge in [-0.15, -0.1) is 0 Å². The van der Waals surface area contributed by atoms with E-state index in [9.17, 15) is 4.79 Å². The number of H-pyrrole nitrogens is 1. The summed E-state index contributed by atoms with van der Waals surface area (Å²) < 4.78 is 1.01. The number of hydrazone groups is 1. The van der Waals surface area contributed by atoms with Gasteiger partial charge in [0.05, 0.1) is 11.6 Å². The summed E-state index contributed by atoms with van der Waals surface area (Å²) in [6.45, 7) is 1.95. The molecule has 0 fully saturated rings. The number of rotatable bonds is 4. The second-order valence-corrected chi connectivity index (χ2v) is 8.44. The maximum Gasteiger partial charge on any atom is 0.257 e. The van der Waals surface area contributed by atoms with Crippen molar-refractivity contribution >= 4 is 44.1 Å². The zero-order valence-electron chi connectivity index (χ0n) is 16.4. The molecule has 0 radical (unpaired) electrons. The molecule has 3 aromatic carbocycles. The monoisotopic (exact) mass is 457 g/mol. The van der Waals surface area contributed by atoms with Crippen LogP contribution in [0, 0.1) is 5.92 Å². The Morgan fingerprint density at radius 1 is 0.967 bits per heavy atom. The van der Waals surface area contributed by atoms with E-state index >= 15 is 0 Å². The molecule has 2 heterocycles. The molecule has 30 heavy (non-hydrogen) atoms. The Kier molecular flexibility index (Phi) is 4.75. The highest BCUT2D eigenvalue weighted by molar-refractivity contribution is 9.10. The number of fused-ring (bicyclic) bond motifs is 1. The summed E-state index contributed by atoms with van der Waals surface area (Å²) in [6, 6.07) is 26.1. The van der Waals surface area contributed by atoms with Crippen LogP contribution in [0.25, 0.3) is 10.9 Å². The van der Waals surface area contributed by atoms with Gasteiger partial charge in [0.15, 0.2) is 0 Å². The number of benzene rings is 3. The Balaban J connectivity index is 1.65. The van der Waals surface area contributed by atoms with Crippen LogP contribution in [0.5, 0.6) is 0 Å². The molecule has 4 aromatic rings. The molecular formula is C25H20BrN3O. The predicted octanol–water partition coefficient (Wildman–Crippen LogP) is 6.10. The van der Waals surface area contributed by atoms with E-state index in [0.717, 1.165) is 37.9 Å². The van der Waals surface area contributed by atoms with Crippen molar-refractivity contribution in [3.8, 4) is 0 Å². The van der Waals surface area contributed by atoms with Gasteiger partial charge in [-0.1, -0.05) is 64.5 Å². The second-order valence-electron chi connectivity index (χ2n) is 7.52. The van der Waals surface area contributed by atoms with E-state index in [4.69, 9.17) is 0 Å². The number of anilines is 1. The molecular weight excluding hydrogens is 438 g/mol. The van der Waals surface area contributed by atoms with Crippen LogP contribution in [0.4, 0.5) is 5.69 Å². The first-order valence-corrected chi connectivity index (χ1v) is 10.7. The predicted molar refractivity (Wildman–Crippen MR) is 125 cm³/mol. The molecule has 0 saturated carbocycles. The molecule has 1 amide bonds. The summed E-state index contributed by atoms with van der Waals surface area (Å²) in [4.78, 5) is 17.0. The smallest absolute Gasteiger partial charge is 0.257 e. The third kappa shape index (κ3) is 3.15. The number of carbonyl (C=O) groups excluding carboxylic acids is 1. The molecule has 148 valence electrons. The largest absolute Gasteiger partial charge is 0.361 e. The van der Waals surface area contributed by atoms with Crippen LogP contribution < -0.4 is 5.01 Å². The number of para-hydroxylation sites is 2. The van der Waals surface area contributed by atoms with Gasteiger partial charge in [0, 0.05) is 33.2 Å². The minimum Gasteiger partial charge on any atom is -0.361 e. The molecule has 0 spiro atoms. The molecule has 2 atom stereocenters. The molecule has 5 rings (SSSR count). The number of amides is 1. The lowest BCUT2D eigenvalue weighted by Crippen LogP contribution is -2.32. The quantitative estimate of drug-likeness (QED) is 0.395. The number of hydrogen-bond donors (Lipinski definition) is 1. The summed E-state index contributed by atoms with van der Waals surface area (Å²) in [5.41, 5.74) is 4.87. The van der Waals surface area contributed by atoms with E-state index in [1.807, 2.05) is 67.7 Å². The maximum atomic E-state index is 13.6. The van der Waals surface area contributed by atoms with Crippen LogP contribution in [0.3, 0.4) is 0 Å². The molecule has 1 aliphatic rings. The highest BCUT2D eigenvalue weighted by Crippen LogP contribution is 2.41. The van der Waals surface area contributed by atoms with Crippen LogP contribution in [0.1, 0.15) is 24.0 Å². The van der Waals surface area contributed by atoms with Gasteiger partial charge in [0.25, 0.3) is 5.91 Å². The van der Waals surface area contributed by atoms with Gasteiger partial charge in [0.2, 0.25) is 0 Å². The summed E-state index contributed by atoms with van der Waals surface area (Å²) in [6.07, 6.45) is 2.03. The standard InChI is InChI=1S/C25H20BrN3O/c1-16-23(25(30)29(28-16)19-7-3-2-4-8-19)24(17-11-13-18(26)14-12-17)21-15-27-22-10-6-5-9-20(21)22/h2-15,23-24,27H,1H3. The molecule has 1 aromatic heterocycles. The van der Waals surface area contributed by atoms with Crippen molar-refractivity contribution < 1.29 is 4.79 Å². The van der Waals surface area contributed by atoms with E-state index in [2.05, 4.69) is 50.3 Å². The lowest BCUT2D eigenvalue weighted by atomic mass is 9.78. The van der Waals surface area contributed by atoms with Gasteiger partial charge in [-0.05, 0) is 48.4 Å². The normalized spacial score (nSPS) is 17.4. The Morgan fingerprint density at radius 2 is 1.67 bits per heavy atom. The van der Waals surface area contributed by atoms with Crippen molar-refractivity contribution in [2.75, 3.05) is 5.01 Å². The van der Waals surface area contributed by atoms with E-state index in [-0.39, 0.29) is 17.7 Å². The van der Waals surface area contributed by atoms with Gasteiger partial charge >= 0.3 is 0 Å². The fourth-order valence-electron chi connectivity index (χ4n) is 4.29. The third-order valence-corrected chi connectivity index (χ3v) is 6.23. The minimum absolute atomic E-state index is 0.00287. The lowest BCUT2D eigenvalue weighted by molar-refractivity contribution is -0.120. The zero-order valence-corrected chi connectivity index (χ0v) is 18.0.